The van der Waals surface area contributed by atoms with Crippen molar-refractivity contribution >= 4 is 53.3 Å². The van der Waals surface area contributed by atoms with Gasteiger partial charge in [0.2, 0.25) is 17.7 Å². The van der Waals surface area contributed by atoms with Crippen LogP contribution in [-0.2, 0) is 28.8 Å². The number of β-lactam (4-membered cyclic amide) rings is 1. The maximum atomic E-state index is 13.5. The van der Waals surface area contributed by atoms with Gasteiger partial charge in [0, 0.05) is 24.4 Å². The molecule has 0 aromatic heterocycles. The fourth-order valence-corrected chi connectivity index (χ4v) is 6.62. The van der Waals surface area contributed by atoms with Crippen LogP contribution in [0.5, 0.6) is 0 Å². The Balaban J connectivity index is 1.49. The fraction of sp³-hybridized carbons (Fsp3) is 0.480. The zero-order valence-corrected chi connectivity index (χ0v) is 22.9. The van der Waals surface area contributed by atoms with E-state index in [9.17, 15) is 33.6 Å². The molecular formula is C25H30N6O8S. The molecule has 3 aliphatic heterocycles. The van der Waals surface area contributed by atoms with Gasteiger partial charge in [0.15, 0.2) is 0 Å². The smallest absolute Gasteiger partial charge is 0.325 e. The maximum absolute atomic E-state index is 13.5. The second-order valence-corrected chi connectivity index (χ2v) is 11.8. The first-order valence-electron chi connectivity index (χ1n) is 12.6. The quantitative estimate of drug-likeness (QED) is 0.220. The van der Waals surface area contributed by atoms with Gasteiger partial charge in [-0.3, -0.25) is 33.7 Å². The highest BCUT2D eigenvalue weighted by Gasteiger charge is 2.64. The molecule has 4 atom stereocenters. The van der Waals surface area contributed by atoms with Crippen LogP contribution in [0, 0.1) is 0 Å². The molecule has 1 aromatic rings. The summed E-state index contributed by atoms with van der Waals surface area (Å²) in [5.41, 5.74) is 0.383. The summed E-state index contributed by atoms with van der Waals surface area (Å²) >= 11 is 1.29. The first-order chi connectivity index (χ1) is 18.9. The molecule has 214 valence electrons. The number of carbonyl (C=O) groups excluding carboxylic acids is 6. The number of benzene rings is 1. The number of urea groups is 1. The molecule has 0 unspecified atom stereocenters. The number of hydrogen-bond acceptors (Lipinski definition) is 8. The number of imide groups is 1. The van der Waals surface area contributed by atoms with Crippen LogP contribution in [0.4, 0.5) is 4.79 Å². The first kappa shape index (κ1) is 28.9. The number of rotatable bonds is 8. The SMILES string of the molecule is CCN1CCN(C(=O)N[C@@H](C(=O)N[C@@H]2C(=O)N3[C@@H]2SC(C)(C)[C@@H]3C(=O)NCC(=O)O)c2ccccc2)C(=O)C1=O. The van der Waals surface area contributed by atoms with E-state index in [-0.39, 0.29) is 13.1 Å². The zero-order chi connectivity index (χ0) is 29.4. The third-order valence-electron chi connectivity index (χ3n) is 7.00. The lowest BCUT2D eigenvalue weighted by molar-refractivity contribution is -0.155. The van der Waals surface area contributed by atoms with E-state index >= 15 is 0 Å². The van der Waals surface area contributed by atoms with Crippen molar-refractivity contribution in [2.45, 2.75) is 49.0 Å². The van der Waals surface area contributed by atoms with Gasteiger partial charge in [-0.15, -0.1) is 11.8 Å². The minimum absolute atomic E-state index is 0.0391. The number of nitrogens with one attached hydrogen (secondary N) is 3. The molecule has 0 radical (unpaired) electrons. The second kappa shape index (κ2) is 11.2. The van der Waals surface area contributed by atoms with Crippen molar-refractivity contribution in [3.63, 3.8) is 0 Å². The number of piperazine rings is 1. The molecule has 3 heterocycles. The van der Waals surface area contributed by atoms with E-state index in [0.29, 0.717) is 12.1 Å². The number of carboxylic acid groups (broad SMARTS) is 1. The van der Waals surface area contributed by atoms with Crippen LogP contribution in [0.25, 0.3) is 0 Å². The number of likely N-dealkylation sites (N-methyl/N-ethyl adjacent to an activating group) is 1. The number of hydrogen-bond donors (Lipinski definition) is 4. The summed E-state index contributed by atoms with van der Waals surface area (Å²) < 4.78 is -0.775. The van der Waals surface area contributed by atoms with Crippen LogP contribution in [0.2, 0.25) is 0 Å². The van der Waals surface area contributed by atoms with E-state index in [1.165, 1.54) is 21.6 Å². The molecule has 14 nitrogen and oxygen atoms in total. The molecule has 40 heavy (non-hydrogen) atoms. The average molecular weight is 575 g/mol. The van der Waals surface area contributed by atoms with Crippen molar-refractivity contribution in [2.24, 2.45) is 0 Å². The number of carbonyl (C=O) groups is 7. The molecule has 0 aliphatic carbocycles. The van der Waals surface area contributed by atoms with E-state index in [2.05, 4.69) is 16.0 Å². The highest BCUT2D eigenvalue weighted by Crippen LogP contribution is 2.50. The van der Waals surface area contributed by atoms with Gasteiger partial charge in [-0.1, -0.05) is 30.3 Å². The number of amides is 7. The summed E-state index contributed by atoms with van der Waals surface area (Å²) in [7, 11) is 0. The Bertz CT molecular complexity index is 1260. The number of thioether (sulfide) groups is 1. The van der Waals surface area contributed by atoms with Gasteiger partial charge in [0.1, 0.15) is 30.0 Å². The molecule has 15 heteroatoms. The topological polar surface area (TPSA) is 186 Å². The van der Waals surface area contributed by atoms with E-state index in [1.54, 1.807) is 51.1 Å². The number of carboxylic acids is 1. The Labute approximate surface area is 233 Å². The summed E-state index contributed by atoms with van der Waals surface area (Å²) in [4.78, 5) is 91.4. The van der Waals surface area contributed by atoms with Gasteiger partial charge >= 0.3 is 23.8 Å². The van der Waals surface area contributed by atoms with Gasteiger partial charge in [-0.05, 0) is 26.3 Å². The molecule has 4 rings (SSSR count). The Morgan fingerprint density at radius 3 is 2.38 bits per heavy atom. The van der Waals surface area contributed by atoms with Crippen molar-refractivity contribution in [1.29, 1.82) is 0 Å². The molecular weight excluding hydrogens is 544 g/mol. The van der Waals surface area contributed by atoms with E-state index < -0.39 is 76.3 Å². The van der Waals surface area contributed by atoms with Gasteiger partial charge in [0.25, 0.3) is 0 Å². The van der Waals surface area contributed by atoms with E-state index in [1.807, 2.05) is 0 Å². The van der Waals surface area contributed by atoms with Crippen molar-refractivity contribution in [3.05, 3.63) is 35.9 Å². The summed E-state index contributed by atoms with van der Waals surface area (Å²) in [6, 6.07) is 4.04. The minimum Gasteiger partial charge on any atom is -0.480 e. The third-order valence-corrected chi connectivity index (χ3v) is 8.57. The zero-order valence-electron chi connectivity index (χ0n) is 22.1. The maximum Gasteiger partial charge on any atom is 0.325 e. The number of aliphatic carboxylic acids is 1. The Morgan fingerprint density at radius 2 is 1.75 bits per heavy atom. The Kier molecular flexibility index (Phi) is 8.05. The largest absolute Gasteiger partial charge is 0.480 e. The second-order valence-electron chi connectivity index (χ2n) is 9.99. The first-order valence-corrected chi connectivity index (χ1v) is 13.5. The lowest BCUT2D eigenvalue weighted by Gasteiger charge is -2.44. The van der Waals surface area contributed by atoms with Crippen molar-refractivity contribution in [2.75, 3.05) is 26.2 Å². The number of fused-ring (bicyclic) bond motifs is 1. The Hall–Kier alpha value is -4.14. The fourth-order valence-electron chi connectivity index (χ4n) is 4.98. The predicted molar refractivity (Wildman–Crippen MR) is 140 cm³/mol. The molecule has 0 bridgehead atoms. The molecule has 3 aliphatic rings. The van der Waals surface area contributed by atoms with Crippen molar-refractivity contribution in [1.82, 2.24) is 30.7 Å². The average Bonchev–Trinajstić information content (AvgIpc) is 3.18. The lowest BCUT2D eigenvalue weighted by Crippen LogP contribution is -2.72. The van der Waals surface area contributed by atoms with Crippen molar-refractivity contribution in [3.8, 4) is 0 Å². The number of nitrogens with zero attached hydrogens (tertiary/aromatic N) is 3. The highest BCUT2D eigenvalue weighted by atomic mass is 32.2. The highest BCUT2D eigenvalue weighted by molar-refractivity contribution is 8.01. The predicted octanol–water partition coefficient (Wildman–Crippen LogP) is -1.12. The van der Waals surface area contributed by atoms with Crippen LogP contribution in [0.15, 0.2) is 30.3 Å². The molecule has 0 spiro atoms. The summed E-state index contributed by atoms with van der Waals surface area (Å²) in [6.45, 7) is 5.06. The Morgan fingerprint density at radius 1 is 1.07 bits per heavy atom. The van der Waals surface area contributed by atoms with Gasteiger partial charge in [-0.25, -0.2) is 4.79 Å². The minimum atomic E-state index is -1.29. The summed E-state index contributed by atoms with van der Waals surface area (Å²) in [6.07, 6.45) is 0. The molecule has 4 N–H and O–H groups in total. The van der Waals surface area contributed by atoms with Gasteiger partial charge in [0.05, 0.1) is 0 Å². The molecule has 7 amide bonds. The van der Waals surface area contributed by atoms with Crippen LogP contribution < -0.4 is 16.0 Å². The van der Waals surface area contributed by atoms with E-state index in [0.717, 1.165) is 4.90 Å². The van der Waals surface area contributed by atoms with Gasteiger partial charge in [-0.2, -0.15) is 0 Å². The lowest BCUT2D eigenvalue weighted by atomic mass is 9.94. The van der Waals surface area contributed by atoms with Crippen LogP contribution >= 0.6 is 11.8 Å². The van der Waals surface area contributed by atoms with Crippen LogP contribution in [0.1, 0.15) is 32.4 Å². The molecule has 3 fully saturated rings. The molecule has 3 saturated heterocycles. The summed E-state index contributed by atoms with van der Waals surface area (Å²) in [5.74, 6) is -4.90. The van der Waals surface area contributed by atoms with Crippen LogP contribution in [-0.4, -0.2) is 110 Å². The monoisotopic (exact) mass is 574 g/mol. The van der Waals surface area contributed by atoms with Crippen LogP contribution in [0.3, 0.4) is 0 Å². The standard InChI is InChI=1S/C25H30N6O8S/c1-4-29-10-11-30(22(38)21(29)37)24(39)28-15(13-8-6-5-7-9-13)18(34)27-16-20(36)31-17(19(35)26-12-14(32)33)25(2,3)40-23(16)31/h5-9,15-17,23H,4,10-12H2,1-3H3,(H,26,35)(H,27,34)(H,28,39)(H,32,33)/t15-,16-,17+,23-/m1/s1. The van der Waals surface area contributed by atoms with Crippen molar-refractivity contribution < 1.29 is 38.7 Å². The van der Waals surface area contributed by atoms with Gasteiger partial charge < -0.3 is 30.9 Å². The summed E-state index contributed by atoms with van der Waals surface area (Å²) in [5, 5.41) is 15.8. The third kappa shape index (κ3) is 5.33. The molecule has 0 saturated carbocycles. The molecule has 1 aromatic carbocycles. The normalized spacial score (nSPS) is 24.1. The van der Waals surface area contributed by atoms with E-state index in [4.69, 9.17) is 5.11 Å².